The third-order valence-electron chi connectivity index (χ3n) is 11.4. The molecule has 0 amide bonds. The molecule has 1 aliphatic heterocycles. The molecule has 3 atom stereocenters. The molecule has 6 nitrogen and oxygen atoms in total. The summed E-state index contributed by atoms with van der Waals surface area (Å²) >= 11 is 7.01. The van der Waals surface area contributed by atoms with Gasteiger partial charge in [-0.15, -0.1) is 0 Å². The van der Waals surface area contributed by atoms with Crippen LogP contribution in [0.3, 0.4) is 0 Å². The molecule has 4 fully saturated rings. The van der Waals surface area contributed by atoms with Crippen molar-refractivity contribution in [3.05, 3.63) is 69.1 Å². The fourth-order valence-electron chi connectivity index (χ4n) is 7.99. The molecule has 4 saturated carbocycles. The number of methoxy groups -OCH3 is 1. The molecule has 0 radical (unpaired) electrons. The minimum absolute atomic E-state index is 0.139. The monoisotopic (exact) mass is 688 g/mol. The van der Waals surface area contributed by atoms with Crippen LogP contribution in [-0.2, 0) is 0 Å². The summed E-state index contributed by atoms with van der Waals surface area (Å²) in [7, 11) is 1.73. The average Bonchev–Trinajstić information content (AvgIpc) is 3.93. The van der Waals surface area contributed by atoms with Crippen molar-refractivity contribution in [1.29, 1.82) is 0 Å². The van der Waals surface area contributed by atoms with E-state index in [4.69, 9.17) is 26.1 Å². The molecule has 3 heterocycles. The van der Waals surface area contributed by atoms with Gasteiger partial charge in [0, 0.05) is 77.5 Å². The number of anilines is 1. The van der Waals surface area contributed by atoms with Crippen molar-refractivity contribution >= 4 is 23.0 Å². The van der Waals surface area contributed by atoms with Gasteiger partial charge >= 0.3 is 0 Å². The van der Waals surface area contributed by atoms with Crippen LogP contribution in [0.2, 0.25) is 5.02 Å². The van der Waals surface area contributed by atoms with Crippen molar-refractivity contribution in [2.75, 3.05) is 25.6 Å². The van der Waals surface area contributed by atoms with Crippen molar-refractivity contribution in [1.82, 2.24) is 15.3 Å². The zero-order valence-electron chi connectivity index (χ0n) is 29.0. The molecule has 1 aromatic carbocycles. The molecule has 0 saturated heterocycles. The highest BCUT2D eigenvalue weighted by Crippen LogP contribution is 2.52. The summed E-state index contributed by atoms with van der Waals surface area (Å²) in [5.74, 6) is -0.206. The molecule has 49 heavy (non-hydrogen) atoms. The van der Waals surface area contributed by atoms with E-state index < -0.39 is 5.92 Å². The SMILES string of the molecule is CCC(Nc1c(C)cc(C(NCC(c2cc3c(c(-c4ccnc(C5CC5)c4Cl)n2)OCC3C)C2CC(F)(F)C2)=C2CC2)cc1OC)C1CC1. The number of nitrogens with one attached hydrogen (secondary N) is 2. The lowest BCUT2D eigenvalue weighted by atomic mass is 9.71. The Balaban J connectivity index is 1.13. The molecule has 4 aliphatic carbocycles. The van der Waals surface area contributed by atoms with Crippen LogP contribution >= 0.6 is 11.6 Å². The van der Waals surface area contributed by atoms with Crippen LogP contribution < -0.4 is 20.1 Å². The Kier molecular flexibility index (Phi) is 8.53. The number of halogens is 3. The molecular formula is C40H47ClF2N4O2. The van der Waals surface area contributed by atoms with Gasteiger partial charge in [-0.05, 0) is 99.1 Å². The molecule has 0 spiro atoms. The minimum Gasteiger partial charge on any atom is -0.495 e. The average molecular weight is 689 g/mol. The molecule has 3 unspecified atom stereocenters. The lowest BCUT2D eigenvalue weighted by Gasteiger charge is -2.40. The van der Waals surface area contributed by atoms with E-state index in [0.717, 1.165) is 94.5 Å². The maximum atomic E-state index is 14.5. The van der Waals surface area contributed by atoms with Gasteiger partial charge in [0.15, 0.2) is 0 Å². The number of allylic oxidation sites excluding steroid dienone is 1. The molecule has 2 N–H and O–H groups in total. The number of hydrogen-bond donors (Lipinski definition) is 2. The van der Waals surface area contributed by atoms with E-state index in [0.29, 0.717) is 35.8 Å². The van der Waals surface area contributed by atoms with Crippen molar-refractivity contribution in [2.24, 2.45) is 11.8 Å². The van der Waals surface area contributed by atoms with Crippen molar-refractivity contribution < 1.29 is 18.3 Å². The Morgan fingerprint density at radius 1 is 1.12 bits per heavy atom. The third-order valence-corrected chi connectivity index (χ3v) is 11.8. The second-order valence-electron chi connectivity index (χ2n) is 15.2. The maximum absolute atomic E-state index is 14.5. The van der Waals surface area contributed by atoms with E-state index in [1.165, 1.54) is 18.4 Å². The van der Waals surface area contributed by atoms with Gasteiger partial charge in [-0.3, -0.25) is 4.98 Å². The standard InChI is InChI=1S/C40H47ClF2N4O2/c1-5-31(23-6-7-23)46-35-21(2)14-26(15-33(35)48-4)36(24-8-9-24)45-19-30(27-17-40(42,43)18-27)32-16-29-22(3)20-49-39(29)38(47-32)28-12-13-44-37(34(28)41)25-10-11-25/h12-16,22-23,25,27,30-31,45-46H,5-11,17-20H2,1-4H3. The van der Waals surface area contributed by atoms with E-state index >= 15 is 0 Å². The lowest BCUT2D eigenvalue weighted by molar-refractivity contribution is -0.117. The number of ether oxygens (including phenoxy) is 2. The van der Waals surface area contributed by atoms with Gasteiger partial charge in [0.05, 0.1) is 30.1 Å². The third kappa shape index (κ3) is 6.50. The van der Waals surface area contributed by atoms with Crippen LogP contribution in [0.4, 0.5) is 14.5 Å². The molecule has 260 valence electrons. The molecule has 9 heteroatoms. The topological polar surface area (TPSA) is 68.3 Å². The first-order valence-corrected chi connectivity index (χ1v) is 18.6. The maximum Gasteiger partial charge on any atom is 0.248 e. The predicted molar refractivity (Wildman–Crippen MR) is 191 cm³/mol. The second-order valence-corrected chi connectivity index (χ2v) is 15.6. The van der Waals surface area contributed by atoms with Gasteiger partial charge < -0.3 is 20.1 Å². The summed E-state index contributed by atoms with van der Waals surface area (Å²) in [6.07, 6.45) is 9.38. The Morgan fingerprint density at radius 3 is 2.55 bits per heavy atom. The van der Waals surface area contributed by atoms with Gasteiger partial charge in [-0.2, -0.15) is 0 Å². The Labute approximate surface area is 293 Å². The number of fused-ring (bicyclic) bond motifs is 1. The summed E-state index contributed by atoms with van der Waals surface area (Å²) in [6.45, 7) is 7.58. The highest BCUT2D eigenvalue weighted by atomic mass is 35.5. The van der Waals surface area contributed by atoms with Crippen LogP contribution in [0.15, 0.2) is 36.0 Å². The smallest absolute Gasteiger partial charge is 0.248 e. The number of alkyl halides is 2. The molecule has 3 aromatic rings. The van der Waals surface area contributed by atoms with Crippen LogP contribution in [0, 0.1) is 18.8 Å². The fourth-order valence-corrected chi connectivity index (χ4v) is 8.34. The van der Waals surface area contributed by atoms with E-state index in [9.17, 15) is 8.78 Å². The van der Waals surface area contributed by atoms with E-state index in [1.54, 1.807) is 13.3 Å². The summed E-state index contributed by atoms with van der Waals surface area (Å²) in [4.78, 5) is 9.83. The highest BCUT2D eigenvalue weighted by molar-refractivity contribution is 6.34. The molecule has 8 rings (SSSR count). The number of rotatable bonds is 13. The first-order valence-electron chi connectivity index (χ1n) is 18.3. The van der Waals surface area contributed by atoms with Crippen LogP contribution in [0.25, 0.3) is 17.0 Å². The number of benzene rings is 1. The molecule has 5 aliphatic rings. The van der Waals surface area contributed by atoms with Crippen molar-refractivity contribution in [2.45, 2.75) is 108 Å². The normalized spacial score (nSPS) is 22.1. The van der Waals surface area contributed by atoms with E-state index in [1.807, 2.05) is 6.07 Å². The molecule has 0 bridgehead atoms. The van der Waals surface area contributed by atoms with Crippen LogP contribution in [0.1, 0.15) is 117 Å². The van der Waals surface area contributed by atoms with E-state index in [2.05, 4.69) is 54.6 Å². The highest BCUT2D eigenvalue weighted by Gasteiger charge is 2.49. The summed E-state index contributed by atoms with van der Waals surface area (Å²) < 4.78 is 41.2. The van der Waals surface area contributed by atoms with Gasteiger partial charge in [0.1, 0.15) is 17.2 Å². The lowest BCUT2D eigenvalue weighted by Crippen LogP contribution is -2.41. The largest absolute Gasteiger partial charge is 0.495 e. The Bertz CT molecular complexity index is 1790. The number of aryl methyl sites for hydroxylation is 1. The Morgan fingerprint density at radius 2 is 1.90 bits per heavy atom. The van der Waals surface area contributed by atoms with Gasteiger partial charge in [0.25, 0.3) is 0 Å². The van der Waals surface area contributed by atoms with Gasteiger partial charge in [-0.1, -0.05) is 25.4 Å². The van der Waals surface area contributed by atoms with Gasteiger partial charge in [-0.25, -0.2) is 13.8 Å². The summed E-state index contributed by atoms with van der Waals surface area (Å²) in [6, 6.07) is 8.83. The zero-order valence-corrected chi connectivity index (χ0v) is 29.7. The quantitative estimate of drug-likeness (QED) is 0.186. The first-order chi connectivity index (χ1) is 23.6. The number of pyridine rings is 2. The number of aromatic nitrogens is 2. The molecule has 2 aromatic heterocycles. The predicted octanol–water partition coefficient (Wildman–Crippen LogP) is 10.0. The fraction of sp³-hybridized carbons (Fsp3) is 0.550. The van der Waals surface area contributed by atoms with Crippen LogP contribution in [0.5, 0.6) is 11.5 Å². The molecular weight excluding hydrogens is 642 g/mol. The zero-order chi connectivity index (χ0) is 34.0. The Hall–Kier alpha value is -3.39. The van der Waals surface area contributed by atoms with Crippen molar-refractivity contribution in [3.63, 3.8) is 0 Å². The second kappa shape index (κ2) is 12.7. The summed E-state index contributed by atoms with van der Waals surface area (Å²) in [5, 5.41) is 8.20. The van der Waals surface area contributed by atoms with Crippen molar-refractivity contribution in [3.8, 4) is 22.8 Å². The summed E-state index contributed by atoms with van der Waals surface area (Å²) in [5.41, 5.74) is 10.0. The minimum atomic E-state index is -2.64. The van der Waals surface area contributed by atoms with Crippen LogP contribution in [-0.4, -0.2) is 42.2 Å². The van der Waals surface area contributed by atoms with E-state index in [-0.39, 0.29) is 30.6 Å². The first kappa shape index (κ1) is 32.8. The van der Waals surface area contributed by atoms with Gasteiger partial charge in [0.2, 0.25) is 5.92 Å². The number of nitrogens with zero attached hydrogens (tertiary/aromatic N) is 2. The number of hydrogen-bond acceptors (Lipinski definition) is 6.